The molecule has 1 aromatic carbocycles. The number of amides is 1. The number of carbonyl (C=O) groups is 1. The average molecular weight is 433 g/mol. The molecule has 1 amide bonds. The van der Waals surface area contributed by atoms with Crippen LogP contribution >= 0.6 is 0 Å². The summed E-state index contributed by atoms with van der Waals surface area (Å²) in [6, 6.07) is 11.8. The van der Waals surface area contributed by atoms with Gasteiger partial charge in [0.2, 0.25) is 5.91 Å². The smallest absolute Gasteiger partial charge is 0.229 e. The van der Waals surface area contributed by atoms with Crippen LogP contribution in [-0.2, 0) is 10.2 Å². The predicted octanol–water partition coefficient (Wildman–Crippen LogP) is 4.11. The van der Waals surface area contributed by atoms with Gasteiger partial charge in [-0.1, -0.05) is 44.2 Å². The van der Waals surface area contributed by atoms with Crippen molar-refractivity contribution in [2.75, 3.05) is 19.0 Å². The highest BCUT2D eigenvalue weighted by Gasteiger charge is 2.75. The molecule has 7 nitrogen and oxygen atoms in total. The monoisotopic (exact) mass is 432 g/mol. The molecule has 1 fully saturated rings. The molecule has 3 aromatic rings. The SMILES string of the molecule is COc1cncc(NC(=O)C2C(C)(C)C2(COc2cnc(C)nc2C)c2ccccc2)c1. The predicted molar refractivity (Wildman–Crippen MR) is 122 cm³/mol. The van der Waals surface area contributed by atoms with Crippen molar-refractivity contribution < 1.29 is 14.3 Å². The van der Waals surface area contributed by atoms with Crippen LogP contribution in [-0.4, -0.2) is 34.6 Å². The Hall–Kier alpha value is -3.48. The molecule has 1 N–H and O–H groups in total. The number of hydrogen-bond donors (Lipinski definition) is 1. The lowest BCUT2D eigenvalue weighted by molar-refractivity contribution is -0.118. The van der Waals surface area contributed by atoms with E-state index in [0.29, 0.717) is 29.6 Å². The highest BCUT2D eigenvalue weighted by molar-refractivity contribution is 5.97. The number of hydrogen-bond acceptors (Lipinski definition) is 6. The van der Waals surface area contributed by atoms with Crippen LogP contribution in [0.5, 0.6) is 11.5 Å². The molecule has 0 aliphatic heterocycles. The Morgan fingerprint density at radius 1 is 1.12 bits per heavy atom. The Bertz CT molecular complexity index is 1130. The largest absolute Gasteiger partial charge is 0.495 e. The summed E-state index contributed by atoms with van der Waals surface area (Å²) in [5, 5.41) is 3.01. The molecule has 2 aromatic heterocycles. The molecule has 1 saturated carbocycles. The highest BCUT2D eigenvalue weighted by Crippen LogP contribution is 2.69. The standard InChI is InChI=1S/C25H28N4O3/c1-16-21(14-27-17(2)28-16)32-15-25(18-9-7-6-8-10-18)22(24(25,3)4)23(30)29-19-11-20(31-5)13-26-12-19/h6-14,22H,15H2,1-5H3,(H,29,30). The number of anilines is 1. The van der Waals surface area contributed by atoms with E-state index >= 15 is 0 Å². The zero-order valence-electron chi connectivity index (χ0n) is 19.0. The Morgan fingerprint density at radius 2 is 1.88 bits per heavy atom. The third-order valence-electron chi connectivity index (χ3n) is 6.56. The first-order valence-electron chi connectivity index (χ1n) is 10.6. The van der Waals surface area contributed by atoms with Crippen molar-refractivity contribution in [1.29, 1.82) is 0 Å². The molecular weight excluding hydrogens is 404 g/mol. The van der Waals surface area contributed by atoms with Crippen LogP contribution in [0.4, 0.5) is 5.69 Å². The molecule has 2 heterocycles. The van der Waals surface area contributed by atoms with Gasteiger partial charge < -0.3 is 14.8 Å². The summed E-state index contributed by atoms with van der Waals surface area (Å²) in [7, 11) is 1.57. The van der Waals surface area contributed by atoms with Crippen molar-refractivity contribution in [1.82, 2.24) is 15.0 Å². The molecule has 0 radical (unpaired) electrons. The van der Waals surface area contributed by atoms with Gasteiger partial charge in [-0.25, -0.2) is 9.97 Å². The zero-order chi connectivity index (χ0) is 22.9. The maximum absolute atomic E-state index is 13.4. The minimum Gasteiger partial charge on any atom is -0.495 e. The number of nitrogens with one attached hydrogen (secondary N) is 1. The number of aromatic nitrogens is 3. The summed E-state index contributed by atoms with van der Waals surface area (Å²) < 4.78 is 11.5. The minimum absolute atomic E-state index is 0.0746. The van der Waals surface area contributed by atoms with Crippen LogP contribution in [0.1, 0.15) is 30.9 Å². The van der Waals surface area contributed by atoms with Gasteiger partial charge in [0.15, 0.2) is 5.75 Å². The summed E-state index contributed by atoms with van der Waals surface area (Å²) in [6.07, 6.45) is 4.91. The van der Waals surface area contributed by atoms with E-state index in [4.69, 9.17) is 9.47 Å². The topological polar surface area (TPSA) is 86.2 Å². The number of pyridine rings is 1. The maximum atomic E-state index is 13.4. The summed E-state index contributed by atoms with van der Waals surface area (Å²) >= 11 is 0. The van der Waals surface area contributed by atoms with Gasteiger partial charge in [0.25, 0.3) is 0 Å². The summed E-state index contributed by atoms with van der Waals surface area (Å²) in [4.78, 5) is 26.2. The van der Waals surface area contributed by atoms with E-state index in [2.05, 4.69) is 46.2 Å². The second-order valence-corrected chi connectivity index (χ2v) is 8.75. The van der Waals surface area contributed by atoms with Crippen molar-refractivity contribution in [3.63, 3.8) is 0 Å². The molecular formula is C25H28N4O3. The van der Waals surface area contributed by atoms with E-state index in [1.165, 1.54) is 0 Å². The van der Waals surface area contributed by atoms with E-state index in [1.54, 1.807) is 31.8 Å². The summed E-state index contributed by atoms with van der Waals surface area (Å²) in [6.45, 7) is 8.30. The molecule has 2 unspecified atom stereocenters. The number of nitrogens with zero attached hydrogens (tertiary/aromatic N) is 3. The molecule has 166 valence electrons. The van der Waals surface area contributed by atoms with Crippen LogP contribution in [0, 0.1) is 25.2 Å². The number of carbonyl (C=O) groups excluding carboxylic acids is 1. The highest BCUT2D eigenvalue weighted by atomic mass is 16.5. The van der Waals surface area contributed by atoms with Gasteiger partial charge in [-0.15, -0.1) is 0 Å². The lowest BCUT2D eigenvalue weighted by atomic mass is 9.88. The van der Waals surface area contributed by atoms with E-state index in [9.17, 15) is 4.79 Å². The lowest BCUT2D eigenvalue weighted by Gasteiger charge is -2.22. The van der Waals surface area contributed by atoms with Crippen molar-refractivity contribution in [2.24, 2.45) is 11.3 Å². The van der Waals surface area contributed by atoms with Crippen LogP contribution in [0.2, 0.25) is 0 Å². The molecule has 4 rings (SSSR count). The molecule has 0 bridgehead atoms. The number of aryl methyl sites for hydroxylation is 2. The Morgan fingerprint density at radius 3 is 2.56 bits per heavy atom. The second kappa shape index (κ2) is 8.22. The number of rotatable bonds is 7. The third-order valence-corrected chi connectivity index (χ3v) is 6.56. The Kier molecular flexibility index (Phi) is 5.59. The van der Waals surface area contributed by atoms with E-state index in [-0.39, 0.29) is 17.2 Å². The van der Waals surface area contributed by atoms with Crippen LogP contribution in [0.15, 0.2) is 55.0 Å². The van der Waals surface area contributed by atoms with Gasteiger partial charge >= 0.3 is 0 Å². The first kappa shape index (κ1) is 21.7. The van der Waals surface area contributed by atoms with Crippen molar-refractivity contribution in [3.05, 3.63) is 72.1 Å². The van der Waals surface area contributed by atoms with Gasteiger partial charge in [-0.3, -0.25) is 9.78 Å². The fourth-order valence-corrected chi connectivity index (χ4v) is 4.75. The quantitative estimate of drug-likeness (QED) is 0.605. The average Bonchev–Trinajstić information content (AvgIpc) is 3.29. The molecule has 1 aliphatic rings. The molecule has 2 atom stereocenters. The van der Waals surface area contributed by atoms with Crippen LogP contribution in [0.25, 0.3) is 0 Å². The molecule has 32 heavy (non-hydrogen) atoms. The van der Waals surface area contributed by atoms with E-state index in [0.717, 1.165) is 11.3 Å². The number of benzene rings is 1. The third kappa shape index (κ3) is 3.68. The molecule has 7 heteroatoms. The molecule has 0 spiro atoms. The Balaban J connectivity index is 1.64. The normalized spacial score (nSPS) is 21.0. The minimum atomic E-state index is -0.498. The number of ether oxygens (including phenoxy) is 2. The molecule has 1 aliphatic carbocycles. The second-order valence-electron chi connectivity index (χ2n) is 8.75. The summed E-state index contributed by atoms with van der Waals surface area (Å²) in [5.41, 5.74) is 1.62. The van der Waals surface area contributed by atoms with Gasteiger partial charge in [-0.05, 0) is 24.8 Å². The van der Waals surface area contributed by atoms with Gasteiger partial charge in [-0.2, -0.15) is 0 Å². The zero-order valence-corrected chi connectivity index (χ0v) is 19.0. The fourth-order valence-electron chi connectivity index (χ4n) is 4.75. The molecule has 0 saturated heterocycles. The van der Waals surface area contributed by atoms with E-state index < -0.39 is 5.41 Å². The maximum Gasteiger partial charge on any atom is 0.229 e. The van der Waals surface area contributed by atoms with Crippen LogP contribution < -0.4 is 14.8 Å². The van der Waals surface area contributed by atoms with Crippen LogP contribution in [0.3, 0.4) is 0 Å². The fraction of sp³-hybridized carbons (Fsp3) is 0.360. The van der Waals surface area contributed by atoms with Crippen molar-refractivity contribution in [2.45, 2.75) is 33.1 Å². The summed E-state index contributed by atoms with van der Waals surface area (Å²) in [5.74, 6) is 1.54. The van der Waals surface area contributed by atoms with Gasteiger partial charge in [0, 0.05) is 11.5 Å². The first-order valence-corrected chi connectivity index (χ1v) is 10.6. The van der Waals surface area contributed by atoms with Gasteiger partial charge in [0.1, 0.15) is 11.6 Å². The number of methoxy groups -OCH3 is 1. The van der Waals surface area contributed by atoms with E-state index in [1.807, 2.05) is 32.0 Å². The Labute approximate surface area is 188 Å². The lowest BCUT2D eigenvalue weighted by Crippen LogP contribution is -2.27. The van der Waals surface area contributed by atoms with Crippen molar-refractivity contribution >= 4 is 11.6 Å². The van der Waals surface area contributed by atoms with Gasteiger partial charge in [0.05, 0.1) is 49.6 Å². The van der Waals surface area contributed by atoms with Crippen molar-refractivity contribution in [3.8, 4) is 11.5 Å². The first-order chi connectivity index (χ1) is 15.3.